The zero-order valence-electron chi connectivity index (χ0n) is 11.2. The van der Waals surface area contributed by atoms with Crippen molar-refractivity contribution >= 4 is 41.2 Å². The van der Waals surface area contributed by atoms with Crippen LogP contribution in [0.3, 0.4) is 0 Å². The van der Waals surface area contributed by atoms with E-state index in [9.17, 15) is 9.59 Å². The molecule has 0 aliphatic heterocycles. The van der Waals surface area contributed by atoms with Crippen molar-refractivity contribution in [2.75, 3.05) is 7.11 Å². The number of methoxy groups -OCH3 is 1. The minimum atomic E-state index is -0.379. The predicted molar refractivity (Wildman–Crippen MR) is 79.7 cm³/mol. The Labute approximate surface area is 127 Å². The number of esters is 1. The van der Waals surface area contributed by atoms with E-state index in [1.165, 1.54) is 19.3 Å². The molecule has 0 aliphatic carbocycles. The zero-order chi connectivity index (χ0) is 15.1. The normalized spacial score (nSPS) is 12.2. The third kappa shape index (κ3) is 5.23. The lowest BCUT2D eigenvalue weighted by molar-refractivity contribution is -0.141. The number of halogens is 2. The van der Waals surface area contributed by atoms with Gasteiger partial charge in [0.2, 0.25) is 5.91 Å². The minimum Gasteiger partial charge on any atom is -0.469 e. The number of nitrogens with one attached hydrogen (secondary N) is 1. The van der Waals surface area contributed by atoms with Gasteiger partial charge in [-0.1, -0.05) is 29.3 Å². The minimum absolute atomic E-state index is 0.114. The molecule has 0 saturated heterocycles. The van der Waals surface area contributed by atoms with Gasteiger partial charge in [0.15, 0.2) is 0 Å². The number of hydrogen-bond acceptors (Lipinski definition) is 3. The number of rotatable bonds is 5. The SMILES string of the molecule is COC(=O)CC(C)NC(=O)/C=C/c1c(Cl)cccc1Cl. The number of amides is 1. The summed E-state index contributed by atoms with van der Waals surface area (Å²) in [5, 5.41) is 3.57. The zero-order valence-corrected chi connectivity index (χ0v) is 12.7. The van der Waals surface area contributed by atoms with Gasteiger partial charge in [0.05, 0.1) is 13.5 Å². The Bertz CT molecular complexity index is 509. The second-order valence-corrected chi connectivity index (χ2v) is 4.97. The van der Waals surface area contributed by atoms with E-state index in [-0.39, 0.29) is 24.3 Å². The van der Waals surface area contributed by atoms with E-state index in [2.05, 4.69) is 10.1 Å². The second kappa shape index (κ2) is 7.92. The molecule has 1 atom stereocenters. The third-order valence-corrected chi connectivity index (χ3v) is 3.15. The molecule has 4 nitrogen and oxygen atoms in total. The van der Waals surface area contributed by atoms with Crippen molar-refractivity contribution in [3.8, 4) is 0 Å². The first kappa shape index (κ1) is 16.5. The number of carbonyl (C=O) groups is 2. The summed E-state index contributed by atoms with van der Waals surface area (Å²) in [5.41, 5.74) is 0.576. The van der Waals surface area contributed by atoms with Gasteiger partial charge >= 0.3 is 5.97 Å². The van der Waals surface area contributed by atoms with Crippen molar-refractivity contribution in [3.63, 3.8) is 0 Å². The van der Waals surface area contributed by atoms with Crippen molar-refractivity contribution in [1.82, 2.24) is 5.32 Å². The van der Waals surface area contributed by atoms with Gasteiger partial charge in [0, 0.05) is 27.7 Å². The van der Waals surface area contributed by atoms with Crippen LogP contribution in [0.4, 0.5) is 0 Å². The number of benzene rings is 1. The Kier molecular flexibility index (Phi) is 6.55. The molecular formula is C14H15Cl2NO3. The van der Waals surface area contributed by atoms with Crippen LogP contribution in [0.15, 0.2) is 24.3 Å². The fraction of sp³-hybridized carbons (Fsp3) is 0.286. The van der Waals surface area contributed by atoms with E-state index < -0.39 is 0 Å². The molecule has 1 unspecified atom stereocenters. The molecule has 1 rings (SSSR count). The molecule has 1 aromatic carbocycles. The molecule has 0 spiro atoms. The standard InChI is InChI=1S/C14H15Cl2NO3/c1-9(8-14(19)20-2)17-13(18)7-6-10-11(15)4-3-5-12(10)16/h3-7,9H,8H2,1-2H3,(H,17,18)/b7-6+. The van der Waals surface area contributed by atoms with Crippen molar-refractivity contribution in [2.24, 2.45) is 0 Å². The summed E-state index contributed by atoms with van der Waals surface area (Å²) < 4.78 is 4.52. The second-order valence-electron chi connectivity index (χ2n) is 4.16. The van der Waals surface area contributed by atoms with Gasteiger partial charge in [-0.2, -0.15) is 0 Å². The molecule has 20 heavy (non-hydrogen) atoms. The Morgan fingerprint density at radius 2 is 1.95 bits per heavy atom. The maximum absolute atomic E-state index is 11.7. The van der Waals surface area contributed by atoms with E-state index >= 15 is 0 Å². The molecule has 0 heterocycles. The van der Waals surface area contributed by atoms with Crippen molar-refractivity contribution in [1.29, 1.82) is 0 Å². The fourth-order valence-electron chi connectivity index (χ4n) is 1.50. The molecular weight excluding hydrogens is 301 g/mol. The lowest BCUT2D eigenvalue weighted by atomic mass is 10.2. The van der Waals surface area contributed by atoms with Gasteiger partial charge in [-0.25, -0.2) is 0 Å². The van der Waals surface area contributed by atoms with Crippen LogP contribution < -0.4 is 5.32 Å². The van der Waals surface area contributed by atoms with Gasteiger partial charge < -0.3 is 10.1 Å². The van der Waals surface area contributed by atoms with Gasteiger partial charge in [-0.05, 0) is 25.1 Å². The molecule has 0 aromatic heterocycles. The molecule has 1 N–H and O–H groups in total. The van der Waals surface area contributed by atoms with Crippen LogP contribution in [-0.4, -0.2) is 25.0 Å². The summed E-state index contributed by atoms with van der Waals surface area (Å²) >= 11 is 12.0. The average molecular weight is 316 g/mol. The van der Waals surface area contributed by atoms with Gasteiger partial charge in [0.1, 0.15) is 0 Å². The summed E-state index contributed by atoms with van der Waals surface area (Å²) in [7, 11) is 1.30. The lowest BCUT2D eigenvalue weighted by Gasteiger charge is -2.10. The fourth-order valence-corrected chi connectivity index (χ4v) is 2.03. The van der Waals surface area contributed by atoms with Crippen LogP contribution in [0.2, 0.25) is 10.0 Å². The van der Waals surface area contributed by atoms with Crippen LogP contribution in [0.5, 0.6) is 0 Å². The lowest BCUT2D eigenvalue weighted by Crippen LogP contribution is -2.33. The van der Waals surface area contributed by atoms with Gasteiger partial charge in [0.25, 0.3) is 0 Å². The highest BCUT2D eigenvalue weighted by molar-refractivity contribution is 6.37. The largest absolute Gasteiger partial charge is 0.469 e. The maximum Gasteiger partial charge on any atom is 0.307 e. The summed E-state index contributed by atoms with van der Waals surface area (Å²) in [6, 6.07) is 4.78. The van der Waals surface area contributed by atoms with Crippen molar-refractivity contribution in [3.05, 3.63) is 39.9 Å². The molecule has 0 aliphatic rings. The first-order chi connectivity index (χ1) is 9.43. The number of carbonyl (C=O) groups excluding carboxylic acids is 2. The Morgan fingerprint density at radius 1 is 1.35 bits per heavy atom. The summed E-state index contributed by atoms with van der Waals surface area (Å²) in [6.45, 7) is 1.71. The summed E-state index contributed by atoms with van der Waals surface area (Å²) in [6.07, 6.45) is 2.97. The highest BCUT2D eigenvalue weighted by atomic mass is 35.5. The van der Waals surface area contributed by atoms with E-state index in [1.54, 1.807) is 25.1 Å². The smallest absolute Gasteiger partial charge is 0.307 e. The van der Waals surface area contributed by atoms with Gasteiger partial charge in [-0.3, -0.25) is 9.59 Å². The molecule has 0 saturated carbocycles. The predicted octanol–water partition coefficient (Wildman–Crippen LogP) is 3.07. The quantitative estimate of drug-likeness (QED) is 0.671. The van der Waals surface area contributed by atoms with Crippen molar-refractivity contribution < 1.29 is 14.3 Å². The van der Waals surface area contributed by atoms with Crippen LogP contribution in [-0.2, 0) is 14.3 Å². The summed E-state index contributed by atoms with van der Waals surface area (Å²) in [5.74, 6) is -0.715. The van der Waals surface area contributed by atoms with Crippen LogP contribution in [0.25, 0.3) is 6.08 Å². The first-order valence-corrected chi connectivity index (χ1v) is 6.69. The molecule has 0 bridgehead atoms. The van der Waals surface area contributed by atoms with Gasteiger partial charge in [-0.15, -0.1) is 0 Å². The average Bonchev–Trinajstić information content (AvgIpc) is 2.37. The van der Waals surface area contributed by atoms with E-state index in [4.69, 9.17) is 23.2 Å². The molecule has 1 amide bonds. The molecule has 108 valence electrons. The molecule has 0 fully saturated rings. The Morgan fingerprint density at radius 3 is 2.50 bits per heavy atom. The third-order valence-electron chi connectivity index (χ3n) is 2.49. The first-order valence-electron chi connectivity index (χ1n) is 5.93. The van der Waals surface area contributed by atoms with E-state index in [0.717, 1.165) is 0 Å². The topological polar surface area (TPSA) is 55.4 Å². The van der Waals surface area contributed by atoms with Crippen molar-refractivity contribution in [2.45, 2.75) is 19.4 Å². The van der Waals surface area contributed by atoms with E-state index in [1.807, 2.05) is 0 Å². The molecule has 6 heteroatoms. The Balaban J connectivity index is 2.62. The molecule has 0 radical (unpaired) electrons. The number of ether oxygens (including phenoxy) is 1. The number of hydrogen-bond donors (Lipinski definition) is 1. The highest BCUT2D eigenvalue weighted by Crippen LogP contribution is 2.25. The maximum atomic E-state index is 11.7. The van der Waals surface area contributed by atoms with E-state index in [0.29, 0.717) is 15.6 Å². The summed E-state index contributed by atoms with van der Waals surface area (Å²) in [4.78, 5) is 22.7. The van der Waals surface area contributed by atoms with Crippen LogP contribution >= 0.6 is 23.2 Å². The van der Waals surface area contributed by atoms with Crippen LogP contribution in [0.1, 0.15) is 18.9 Å². The molecule has 1 aromatic rings. The Hall–Kier alpha value is -1.52. The highest BCUT2D eigenvalue weighted by Gasteiger charge is 2.10. The monoisotopic (exact) mass is 315 g/mol. The van der Waals surface area contributed by atoms with Crippen LogP contribution in [0, 0.1) is 0 Å².